The Hall–Kier alpha value is -2.41. The molecular weight excluding hydrogens is 318 g/mol. The van der Waals surface area contributed by atoms with Gasteiger partial charge in [0.1, 0.15) is 11.5 Å². The zero-order chi connectivity index (χ0) is 17.8. The summed E-state index contributed by atoms with van der Waals surface area (Å²) in [6.45, 7) is 8.24. The van der Waals surface area contributed by atoms with E-state index in [2.05, 4.69) is 23.7 Å². The van der Waals surface area contributed by atoms with Gasteiger partial charge >= 0.3 is 0 Å². The van der Waals surface area contributed by atoms with Crippen molar-refractivity contribution in [2.45, 2.75) is 39.9 Å². The standard InChI is InChI=1S/C18H25N5O2/c1-3-21(4-2)12-14-11-17(24)23-10-6-9-22(13-16(23)20-14)18(25)15-7-5-8-19-15/h5,7-8,11,19H,3-4,6,9-10,12-13H2,1-2H3. The summed E-state index contributed by atoms with van der Waals surface area (Å²) in [5.74, 6) is 0.619. The van der Waals surface area contributed by atoms with Gasteiger partial charge in [-0.1, -0.05) is 13.8 Å². The number of carbonyl (C=O) groups excluding carboxylic acids is 1. The zero-order valence-corrected chi connectivity index (χ0v) is 14.9. The first-order chi connectivity index (χ1) is 12.1. The first kappa shape index (κ1) is 17.4. The maximum atomic E-state index is 12.6. The Morgan fingerprint density at radius 3 is 2.80 bits per heavy atom. The number of fused-ring (bicyclic) bond motifs is 1. The summed E-state index contributed by atoms with van der Waals surface area (Å²) < 4.78 is 1.70. The largest absolute Gasteiger partial charge is 0.357 e. The van der Waals surface area contributed by atoms with Crippen LogP contribution in [0.2, 0.25) is 0 Å². The van der Waals surface area contributed by atoms with E-state index in [-0.39, 0.29) is 11.5 Å². The van der Waals surface area contributed by atoms with Gasteiger partial charge in [-0.2, -0.15) is 0 Å². The van der Waals surface area contributed by atoms with Crippen LogP contribution >= 0.6 is 0 Å². The quantitative estimate of drug-likeness (QED) is 0.892. The van der Waals surface area contributed by atoms with Gasteiger partial charge in [-0.15, -0.1) is 0 Å². The highest BCUT2D eigenvalue weighted by atomic mass is 16.2. The molecule has 0 aliphatic carbocycles. The second-order valence-corrected chi connectivity index (χ2v) is 6.28. The molecule has 1 amide bonds. The zero-order valence-electron chi connectivity index (χ0n) is 14.9. The molecule has 3 rings (SSSR count). The van der Waals surface area contributed by atoms with Gasteiger partial charge < -0.3 is 9.88 Å². The molecule has 25 heavy (non-hydrogen) atoms. The average molecular weight is 343 g/mol. The number of H-pyrrole nitrogens is 1. The summed E-state index contributed by atoms with van der Waals surface area (Å²) in [5, 5.41) is 0. The number of aromatic nitrogens is 3. The van der Waals surface area contributed by atoms with Crippen molar-refractivity contribution in [3.05, 3.63) is 52.0 Å². The van der Waals surface area contributed by atoms with E-state index in [4.69, 9.17) is 4.98 Å². The van der Waals surface area contributed by atoms with Crippen molar-refractivity contribution in [3.8, 4) is 0 Å². The van der Waals surface area contributed by atoms with E-state index in [0.717, 1.165) is 25.2 Å². The van der Waals surface area contributed by atoms with E-state index >= 15 is 0 Å². The maximum absolute atomic E-state index is 12.6. The molecule has 0 spiro atoms. The number of nitrogens with one attached hydrogen (secondary N) is 1. The number of hydrogen-bond donors (Lipinski definition) is 1. The number of amides is 1. The van der Waals surface area contributed by atoms with Crippen LogP contribution in [-0.4, -0.2) is 49.9 Å². The molecule has 134 valence electrons. The maximum Gasteiger partial charge on any atom is 0.270 e. The molecule has 2 aromatic heterocycles. The van der Waals surface area contributed by atoms with Gasteiger partial charge in [-0.25, -0.2) is 4.98 Å². The molecule has 2 aromatic rings. The van der Waals surface area contributed by atoms with Crippen LogP contribution < -0.4 is 5.56 Å². The van der Waals surface area contributed by atoms with E-state index < -0.39 is 0 Å². The van der Waals surface area contributed by atoms with Crippen molar-refractivity contribution >= 4 is 5.91 Å². The average Bonchev–Trinajstić information content (AvgIpc) is 3.06. The Morgan fingerprint density at radius 1 is 1.32 bits per heavy atom. The molecule has 1 aliphatic rings. The Balaban J connectivity index is 1.87. The molecule has 3 heterocycles. The van der Waals surface area contributed by atoms with E-state index in [1.165, 1.54) is 0 Å². The molecule has 0 saturated heterocycles. The Morgan fingerprint density at radius 2 is 2.12 bits per heavy atom. The summed E-state index contributed by atoms with van der Waals surface area (Å²) in [7, 11) is 0. The minimum Gasteiger partial charge on any atom is -0.357 e. The summed E-state index contributed by atoms with van der Waals surface area (Å²) in [4.78, 5) is 36.8. The lowest BCUT2D eigenvalue weighted by Gasteiger charge is -2.21. The molecular formula is C18H25N5O2. The lowest BCUT2D eigenvalue weighted by Crippen LogP contribution is -2.33. The highest BCUT2D eigenvalue weighted by molar-refractivity contribution is 5.92. The van der Waals surface area contributed by atoms with E-state index in [0.29, 0.717) is 37.7 Å². The molecule has 1 aliphatic heterocycles. The number of nitrogens with zero attached hydrogens (tertiary/aromatic N) is 4. The molecule has 0 unspecified atom stereocenters. The third-order valence-electron chi connectivity index (χ3n) is 4.68. The van der Waals surface area contributed by atoms with Gasteiger partial charge in [0.25, 0.3) is 11.5 Å². The lowest BCUT2D eigenvalue weighted by atomic mass is 10.3. The number of aromatic amines is 1. The minimum absolute atomic E-state index is 0.0265. The number of rotatable bonds is 5. The molecule has 0 atom stereocenters. The van der Waals surface area contributed by atoms with E-state index in [1.807, 2.05) is 6.07 Å². The smallest absolute Gasteiger partial charge is 0.270 e. The fourth-order valence-corrected chi connectivity index (χ4v) is 3.20. The number of hydrogen-bond acceptors (Lipinski definition) is 4. The van der Waals surface area contributed by atoms with E-state index in [9.17, 15) is 9.59 Å². The first-order valence-corrected chi connectivity index (χ1v) is 8.87. The predicted octanol–water partition coefficient (Wildman–Crippen LogP) is 1.46. The molecule has 7 heteroatoms. The molecule has 0 radical (unpaired) electrons. The SMILES string of the molecule is CCN(CC)Cc1cc(=O)n2c(n1)CN(C(=O)c1ccc[nH]1)CCC2. The highest BCUT2D eigenvalue weighted by Gasteiger charge is 2.22. The molecule has 0 aromatic carbocycles. The van der Waals surface area contributed by atoms with Crippen LogP contribution in [0.4, 0.5) is 0 Å². The van der Waals surface area contributed by atoms with Crippen molar-refractivity contribution in [1.29, 1.82) is 0 Å². The summed E-state index contributed by atoms with van der Waals surface area (Å²) >= 11 is 0. The third-order valence-corrected chi connectivity index (χ3v) is 4.68. The summed E-state index contributed by atoms with van der Waals surface area (Å²) in [6, 6.07) is 5.21. The van der Waals surface area contributed by atoms with Gasteiger partial charge in [0, 0.05) is 31.9 Å². The van der Waals surface area contributed by atoms with Gasteiger partial charge in [0.15, 0.2) is 0 Å². The second kappa shape index (κ2) is 7.65. The van der Waals surface area contributed by atoms with Gasteiger partial charge in [-0.05, 0) is 31.6 Å². The van der Waals surface area contributed by atoms with Crippen LogP contribution in [0.1, 0.15) is 42.3 Å². The highest BCUT2D eigenvalue weighted by Crippen LogP contribution is 2.13. The first-order valence-electron chi connectivity index (χ1n) is 8.87. The van der Waals surface area contributed by atoms with Crippen molar-refractivity contribution in [2.24, 2.45) is 0 Å². The number of carbonyl (C=O) groups is 1. The molecule has 0 bridgehead atoms. The van der Waals surface area contributed by atoms with Crippen molar-refractivity contribution < 1.29 is 4.79 Å². The minimum atomic E-state index is -0.0538. The van der Waals surface area contributed by atoms with Crippen LogP contribution in [0, 0.1) is 0 Å². The van der Waals surface area contributed by atoms with Crippen LogP contribution in [-0.2, 0) is 19.6 Å². The molecule has 0 fully saturated rings. The third kappa shape index (κ3) is 3.82. The van der Waals surface area contributed by atoms with Crippen LogP contribution in [0.25, 0.3) is 0 Å². The molecule has 0 saturated carbocycles. The van der Waals surface area contributed by atoms with Crippen LogP contribution in [0.3, 0.4) is 0 Å². The van der Waals surface area contributed by atoms with Gasteiger partial charge in [0.2, 0.25) is 0 Å². The molecule has 1 N–H and O–H groups in total. The van der Waals surface area contributed by atoms with Crippen LogP contribution in [0.5, 0.6) is 0 Å². The van der Waals surface area contributed by atoms with Gasteiger partial charge in [-0.3, -0.25) is 19.1 Å². The molecule has 7 nitrogen and oxygen atoms in total. The van der Waals surface area contributed by atoms with E-state index in [1.54, 1.807) is 27.8 Å². The fraction of sp³-hybridized carbons (Fsp3) is 0.500. The lowest BCUT2D eigenvalue weighted by molar-refractivity contribution is 0.0738. The predicted molar refractivity (Wildman–Crippen MR) is 95.3 cm³/mol. The summed E-state index contributed by atoms with van der Waals surface area (Å²) in [6.07, 6.45) is 2.49. The fourth-order valence-electron chi connectivity index (χ4n) is 3.20. The van der Waals surface area contributed by atoms with Crippen molar-refractivity contribution in [2.75, 3.05) is 19.6 Å². The second-order valence-electron chi connectivity index (χ2n) is 6.28. The van der Waals surface area contributed by atoms with Crippen molar-refractivity contribution in [3.63, 3.8) is 0 Å². The summed E-state index contributed by atoms with van der Waals surface area (Å²) in [5.41, 5.74) is 1.31. The monoisotopic (exact) mass is 343 g/mol. The van der Waals surface area contributed by atoms with Crippen LogP contribution in [0.15, 0.2) is 29.2 Å². The topological polar surface area (TPSA) is 74.2 Å². The Labute approximate surface area is 147 Å². The normalized spacial score (nSPS) is 14.4. The Kier molecular flexibility index (Phi) is 5.33. The van der Waals surface area contributed by atoms with Crippen molar-refractivity contribution in [1.82, 2.24) is 24.3 Å². The Bertz CT molecular complexity index is 777. The van der Waals surface area contributed by atoms with Gasteiger partial charge in [0.05, 0.1) is 12.2 Å².